The van der Waals surface area contributed by atoms with E-state index in [0.717, 1.165) is 23.5 Å². The van der Waals surface area contributed by atoms with Crippen LogP contribution in [0.5, 0.6) is 0 Å². The Morgan fingerprint density at radius 1 is 0.491 bits per heavy atom. The topological polar surface area (TPSA) is 3.24 Å². The Labute approximate surface area is 316 Å². The van der Waals surface area contributed by atoms with E-state index in [1.54, 1.807) is 0 Å². The van der Waals surface area contributed by atoms with Crippen LogP contribution in [0.15, 0.2) is 181 Å². The minimum absolute atomic E-state index is 0.0597. The average molecular weight is 688 g/mol. The first-order valence-corrected chi connectivity index (χ1v) is 19.0. The van der Waals surface area contributed by atoms with Gasteiger partial charge in [-0.15, -0.1) is 0 Å². The van der Waals surface area contributed by atoms with Gasteiger partial charge in [0.25, 0.3) is 0 Å². The molecule has 1 atom stereocenters. The normalized spacial score (nSPS) is 14.9. The molecule has 8 rings (SSSR count). The van der Waals surface area contributed by atoms with Crippen molar-refractivity contribution in [2.24, 2.45) is 10.8 Å². The maximum atomic E-state index is 2.56. The highest BCUT2D eigenvalue weighted by Crippen LogP contribution is 2.49. The zero-order chi connectivity index (χ0) is 36.7. The number of fused-ring (bicyclic) bond motifs is 2. The number of allylic oxidation sites excluding steroid dienone is 4. The lowest BCUT2D eigenvalue weighted by Gasteiger charge is -2.35. The summed E-state index contributed by atoms with van der Waals surface area (Å²) in [6.45, 7) is 14.1. The molecular formula is C52H49N. The molecule has 7 aromatic carbocycles. The Morgan fingerprint density at radius 3 is 1.83 bits per heavy atom. The van der Waals surface area contributed by atoms with Crippen molar-refractivity contribution < 1.29 is 0 Å². The zero-order valence-electron chi connectivity index (χ0n) is 31.9. The standard InChI is InChI=1S/C52H49N/c1-51(2,3)41-33-40(34-42(35-41)52(4,5)6)45-25-14-21-39-22-15-26-47(50(39)45)46-24-12-13-27-49(46)53(48-28-16-20-38-19-10-11-23-44(38)48)43-31-29-37(30-32-43)36-17-8-7-9-18-36/h7-33,35,40H,34H2,1-6H3. The van der Waals surface area contributed by atoms with E-state index in [9.17, 15) is 0 Å². The van der Waals surface area contributed by atoms with Crippen LogP contribution < -0.4 is 4.90 Å². The third-order valence-electron chi connectivity index (χ3n) is 11.0. The Bertz CT molecular complexity index is 2470. The van der Waals surface area contributed by atoms with Crippen molar-refractivity contribution >= 4 is 38.6 Å². The molecule has 1 aliphatic carbocycles. The van der Waals surface area contributed by atoms with Crippen LogP contribution in [0.3, 0.4) is 0 Å². The number of para-hydroxylation sites is 1. The van der Waals surface area contributed by atoms with E-state index in [2.05, 4.69) is 216 Å². The fourth-order valence-corrected chi connectivity index (χ4v) is 8.04. The van der Waals surface area contributed by atoms with Gasteiger partial charge in [0.15, 0.2) is 0 Å². The molecule has 1 aliphatic rings. The largest absolute Gasteiger partial charge is 0.309 e. The SMILES string of the molecule is CC(C)(C)C1=CC(c2cccc3cccc(-c4ccccc4N(c4ccc(-c5ccccc5)cc4)c4cccc5ccccc45)c23)CC(C(C)(C)C)=C1. The molecular weight excluding hydrogens is 639 g/mol. The molecule has 1 unspecified atom stereocenters. The number of nitrogens with zero attached hydrogens (tertiary/aromatic N) is 1. The predicted molar refractivity (Wildman–Crippen MR) is 229 cm³/mol. The molecule has 1 heteroatoms. The highest BCUT2D eigenvalue weighted by atomic mass is 15.1. The first-order valence-electron chi connectivity index (χ1n) is 19.0. The summed E-state index contributed by atoms with van der Waals surface area (Å²) < 4.78 is 0. The summed E-state index contributed by atoms with van der Waals surface area (Å²) in [6, 6.07) is 57.8. The smallest absolute Gasteiger partial charge is 0.0540 e. The summed E-state index contributed by atoms with van der Waals surface area (Å²) in [5.41, 5.74) is 12.8. The first kappa shape index (κ1) is 34.4. The minimum Gasteiger partial charge on any atom is -0.309 e. The Morgan fingerprint density at radius 2 is 1.08 bits per heavy atom. The molecule has 0 N–H and O–H groups in total. The highest BCUT2D eigenvalue weighted by molar-refractivity contribution is 6.06. The van der Waals surface area contributed by atoms with Crippen molar-refractivity contribution in [3.8, 4) is 22.3 Å². The van der Waals surface area contributed by atoms with Gasteiger partial charge in [0, 0.05) is 22.6 Å². The van der Waals surface area contributed by atoms with Crippen LogP contribution in [-0.4, -0.2) is 0 Å². The molecule has 0 radical (unpaired) electrons. The third kappa shape index (κ3) is 6.73. The Hall–Kier alpha value is -5.66. The third-order valence-corrected chi connectivity index (χ3v) is 11.0. The van der Waals surface area contributed by atoms with Crippen molar-refractivity contribution in [2.75, 3.05) is 4.90 Å². The van der Waals surface area contributed by atoms with Crippen LogP contribution in [0.2, 0.25) is 0 Å². The van der Waals surface area contributed by atoms with Crippen molar-refractivity contribution in [2.45, 2.75) is 53.9 Å². The highest BCUT2D eigenvalue weighted by Gasteiger charge is 2.30. The van der Waals surface area contributed by atoms with Crippen LogP contribution in [0.25, 0.3) is 43.8 Å². The molecule has 1 nitrogen and oxygen atoms in total. The van der Waals surface area contributed by atoms with Crippen LogP contribution in [0.4, 0.5) is 17.1 Å². The quantitative estimate of drug-likeness (QED) is 0.168. The summed E-state index contributed by atoms with van der Waals surface area (Å²) in [5, 5.41) is 5.06. The molecule has 7 aromatic rings. The second kappa shape index (κ2) is 13.7. The van der Waals surface area contributed by atoms with Gasteiger partial charge < -0.3 is 4.90 Å². The molecule has 0 saturated carbocycles. The fourth-order valence-electron chi connectivity index (χ4n) is 8.04. The van der Waals surface area contributed by atoms with Crippen molar-refractivity contribution in [1.29, 1.82) is 0 Å². The molecule has 0 heterocycles. The number of hydrogen-bond acceptors (Lipinski definition) is 1. The van der Waals surface area contributed by atoms with E-state index in [-0.39, 0.29) is 16.7 Å². The molecule has 0 fully saturated rings. The van der Waals surface area contributed by atoms with Gasteiger partial charge in [-0.25, -0.2) is 0 Å². The minimum atomic E-state index is 0.0597. The summed E-state index contributed by atoms with van der Waals surface area (Å²) >= 11 is 0. The van der Waals surface area contributed by atoms with E-state index >= 15 is 0 Å². The maximum Gasteiger partial charge on any atom is 0.0540 e. The monoisotopic (exact) mass is 687 g/mol. The van der Waals surface area contributed by atoms with Gasteiger partial charge in [-0.05, 0) is 85.5 Å². The van der Waals surface area contributed by atoms with E-state index < -0.39 is 0 Å². The van der Waals surface area contributed by atoms with Crippen LogP contribution in [0.1, 0.15) is 59.4 Å². The van der Waals surface area contributed by atoms with E-state index in [1.165, 1.54) is 60.5 Å². The van der Waals surface area contributed by atoms with Crippen LogP contribution in [0, 0.1) is 10.8 Å². The van der Waals surface area contributed by atoms with E-state index in [1.807, 2.05) is 0 Å². The molecule has 262 valence electrons. The van der Waals surface area contributed by atoms with E-state index in [0.29, 0.717) is 0 Å². The summed E-state index contributed by atoms with van der Waals surface area (Å²) in [6.07, 6.45) is 6.07. The maximum absolute atomic E-state index is 2.56. The van der Waals surface area contributed by atoms with Gasteiger partial charge in [0.2, 0.25) is 0 Å². The molecule has 0 bridgehead atoms. The lowest BCUT2D eigenvalue weighted by atomic mass is 9.70. The Kier molecular flexibility index (Phi) is 8.91. The fraction of sp³-hybridized carbons (Fsp3) is 0.192. The van der Waals surface area contributed by atoms with Gasteiger partial charge in [-0.3, -0.25) is 0 Å². The van der Waals surface area contributed by atoms with Gasteiger partial charge in [0.05, 0.1) is 11.4 Å². The van der Waals surface area contributed by atoms with Crippen molar-refractivity contribution in [1.82, 2.24) is 0 Å². The summed E-state index contributed by atoms with van der Waals surface area (Å²) in [7, 11) is 0. The Balaban J connectivity index is 1.34. The second-order valence-corrected chi connectivity index (χ2v) is 16.6. The van der Waals surface area contributed by atoms with E-state index in [4.69, 9.17) is 0 Å². The predicted octanol–water partition coefficient (Wildman–Crippen LogP) is 15.2. The first-order chi connectivity index (χ1) is 25.6. The van der Waals surface area contributed by atoms with Gasteiger partial charge in [-0.2, -0.15) is 0 Å². The van der Waals surface area contributed by atoms with Gasteiger partial charge >= 0.3 is 0 Å². The van der Waals surface area contributed by atoms with Gasteiger partial charge in [-0.1, -0.05) is 193 Å². The molecule has 0 amide bonds. The lowest BCUT2D eigenvalue weighted by molar-refractivity contribution is 0.455. The zero-order valence-corrected chi connectivity index (χ0v) is 31.9. The van der Waals surface area contributed by atoms with Crippen molar-refractivity contribution in [3.63, 3.8) is 0 Å². The molecule has 0 aromatic heterocycles. The molecule has 0 saturated heterocycles. The summed E-state index contributed by atoms with van der Waals surface area (Å²) in [5.74, 6) is 0.278. The molecule has 0 spiro atoms. The number of benzene rings is 7. The average Bonchev–Trinajstić information content (AvgIpc) is 3.17. The van der Waals surface area contributed by atoms with Crippen LogP contribution >= 0.6 is 0 Å². The number of hydrogen-bond donors (Lipinski definition) is 0. The number of anilines is 3. The molecule has 0 aliphatic heterocycles. The molecule has 53 heavy (non-hydrogen) atoms. The number of rotatable bonds is 6. The van der Waals surface area contributed by atoms with Crippen LogP contribution in [-0.2, 0) is 0 Å². The van der Waals surface area contributed by atoms with Crippen molar-refractivity contribution in [3.05, 3.63) is 187 Å². The second-order valence-electron chi connectivity index (χ2n) is 16.6. The summed E-state index contributed by atoms with van der Waals surface area (Å²) in [4.78, 5) is 2.46. The lowest BCUT2D eigenvalue weighted by Crippen LogP contribution is -2.20. The van der Waals surface area contributed by atoms with Gasteiger partial charge in [0.1, 0.15) is 0 Å².